The highest BCUT2D eigenvalue weighted by molar-refractivity contribution is 6.31. The normalized spacial score (nSPS) is 32.5. The van der Waals surface area contributed by atoms with E-state index in [9.17, 15) is 5.11 Å². The van der Waals surface area contributed by atoms with Crippen molar-refractivity contribution in [3.05, 3.63) is 47.6 Å². The maximum absolute atomic E-state index is 11.4. The minimum atomic E-state index is -0.827. The summed E-state index contributed by atoms with van der Waals surface area (Å²) in [5.74, 6) is 0.108. The van der Waals surface area contributed by atoms with Gasteiger partial charge in [-0.15, -0.1) is 0 Å². The Bertz CT molecular complexity index is 630. The third kappa shape index (κ3) is 2.77. The molecule has 1 saturated carbocycles. The van der Waals surface area contributed by atoms with Crippen molar-refractivity contribution < 1.29 is 5.11 Å². The second kappa shape index (κ2) is 5.67. The SMILES string of the molecule is CC1(C)CCC(C=C2C=CC(Cl)=CC2)C1(O)Cn1cncn1. The van der Waals surface area contributed by atoms with Gasteiger partial charge in [-0.2, -0.15) is 5.10 Å². The highest BCUT2D eigenvalue weighted by Crippen LogP contribution is 2.51. The third-order valence-corrected chi connectivity index (χ3v) is 5.42. The second-order valence-electron chi connectivity index (χ2n) is 6.91. The lowest BCUT2D eigenvalue weighted by Gasteiger charge is -2.40. The smallest absolute Gasteiger partial charge is 0.137 e. The molecule has 3 rings (SSSR count). The molecule has 0 aromatic carbocycles. The van der Waals surface area contributed by atoms with E-state index in [0.29, 0.717) is 6.54 Å². The lowest BCUT2D eigenvalue weighted by Crippen LogP contribution is -2.48. The molecule has 0 saturated heterocycles. The highest BCUT2D eigenvalue weighted by Gasteiger charge is 2.53. The van der Waals surface area contributed by atoms with E-state index >= 15 is 0 Å². The molecule has 0 bridgehead atoms. The van der Waals surface area contributed by atoms with Crippen LogP contribution in [0.25, 0.3) is 0 Å². The summed E-state index contributed by atoms with van der Waals surface area (Å²) < 4.78 is 1.73. The van der Waals surface area contributed by atoms with Gasteiger partial charge in [-0.3, -0.25) is 4.68 Å². The van der Waals surface area contributed by atoms with E-state index in [1.165, 1.54) is 11.9 Å². The molecule has 1 fully saturated rings. The minimum absolute atomic E-state index is 0.108. The number of allylic oxidation sites excluding steroid dienone is 5. The maximum atomic E-state index is 11.4. The Morgan fingerprint density at radius 1 is 1.45 bits per heavy atom. The van der Waals surface area contributed by atoms with Crippen molar-refractivity contribution in [2.75, 3.05) is 0 Å². The molecule has 2 aliphatic rings. The lowest BCUT2D eigenvalue weighted by atomic mass is 9.73. The van der Waals surface area contributed by atoms with E-state index in [4.69, 9.17) is 11.6 Å². The Hall–Kier alpha value is -1.39. The van der Waals surface area contributed by atoms with Crippen LogP contribution in [-0.2, 0) is 6.54 Å². The number of rotatable bonds is 3. The number of nitrogens with zero attached hydrogens (tertiary/aromatic N) is 3. The summed E-state index contributed by atoms with van der Waals surface area (Å²) in [6.45, 7) is 4.74. The van der Waals surface area contributed by atoms with Crippen LogP contribution in [0.4, 0.5) is 0 Å². The number of aliphatic hydroxyl groups is 1. The number of hydrogen-bond donors (Lipinski definition) is 1. The van der Waals surface area contributed by atoms with E-state index < -0.39 is 5.60 Å². The van der Waals surface area contributed by atoms with E-state index in [0.717, 1.165) is 24.3 Å². The Morgan fingerprint density at radius 3 is 2.91 bits per heavy atom. The first-order valence-electron chi connectivity index (χ1n) is 7.70. The zero-order chi connectivity index (χ0) is 15.8. The molecule has 0 spiro atoms. The first kappa shape index (κ1) is 15.5. The average molecular weight is 320 g/mol. The Kier molecular flexibility index (Phi) is 4.00. The Labute approximate surface area is 136 Å². The minimum Gasteiger partial charge on any atom is -0.387 e. The van der Waals surface area contributed by atoms with Crippen molar-refractivity contribution in [2.45, 2.75) is 45.3 Å². The van der Waals surface area contributed by atoms with Crippen molar-refractivity contribution in [1.82, 2.24) is 14.8 Å². The summed E-state index contributed by atoms with van der Waals surface area (Å²) in [6.07, 6.45) is 14.1. The summed E-state index contributed by atoms with van der Waals surface area (Å²) in [6, 6.07) is 0. The van der Waals surface area contributed by atoms with E-state index in [2.05, 4.69) is 30.0 Å². The lowest BCUT2D eigenvalue weighted by molar-refractivity contribution is -0.0794. The summed E-state index contributed by atoms with van der Waals surface area (Å²) >= 11 is 5.97. The molecule has 1 aromatic rings. The number of hydrogen-bond acceptors (Lipinski definition) is 3. The predicted octanol–water partition coefficient (Wildman–Crippen LogP) is 3.45. The summed E-state index contributed by atoms with van der Waals surface area (Å²) in [4.78, 5) is 3.98. The van der Waals surface area contributed by atoms with Gasteiger partial charge in [-0.05, 0) is 36.3 Å². The quantitative estimate of drug-likeness (QED) is 0.928. The molecule has 0 amide bonds. The predicted molar refractivity (Wildman–Crippen MR) is 87.3 cm³/mol. The summed E-state index contributed by atoms with van der Waals surface area (Å²) in [7, 11) is 0. The van der Waals surface area contributed by atoms with Crippen LogP contribution in [0.2, 0.25) is 0 Å². The molecule has 2 aliphatic carbocycles. The second-order valence-corrected chi connectivity index (χ2v) is 7.35. The maximum Gasteiger partial charge on any atom is 0.137 e. The van der Waals surface area contributed by atoms with Crippen molar-refractivity contribution in [3.63, 3.8) is 0 Å². The first-order valence-corrected chi connectivity index (χ1v) is 8.08. The fourth-order valence-electron chi connectivity index (χ4n) is 3.51. The van der Waals surface area contributed by atoms with Gasteiger partial charge in [0.05, 0.1) is 12.1 Å². The van der Waals surface area contributed by atoms with E-state index in [1.54, 1.807) is 11.0 Å². The van der Waals surface area contributed by atoms with Crippen LogP contribution in [0, 0.1) is 11.3 Å². The van der Waals surface area contributed by atoms with Crippen molar-refractivity contribution in [1.29, 1.82) is 0 Å². The van der Waals surface area contributed by atoms with Crippen LogP contribution < -0.4 is 0 Å². The van der Waals surface area contributed by atoms with Gasteiger partial charge in [-0.1, -0.05) is 43.7 Å². The molecular weight excluding hydrogens is 298 g/mol. The molecule has 0 radical (unpaired) electrons. The van der Waals surface area contributed by atoms with Crippen LogP contribution in [0.1, 0.15) is 33.1 Å². The van der Waals surface area contributed by atoms with Gasteiger partial charge in [0.1, 0.15) is 12.7 Å². The number of aromatic nitrogens is 3. The van der Waals surface area contributed by atoms with Gasteiger partial charge in [0.25, 0.3) is 0 Å². The molecule has 118 valence electrons. The molecule has 1 N–H and O–H groups in total. The summed E-state index contributed by atoms with van der Waals surface area (Å²) in [5, 5.41) is 16.4. The van der Waals surface area contributed by atoms with Gasteiger partial charge >= 0.3 is 0 Å². The topological polar surface area (TPSA) is 50.9 Å². The van der Waals surface area contributed by atoms with Crippen LogP contribution in [0.5, 0.6) is 0 Å². The monoisotopic (exact) mass is 319 g/mol. The third-order valence-electron chi connectivity index (χ3n) is 5.14. The zero-order valence-electron chi connectivity index (χ0n) is 13.0. The molecular formula is C17H22ClN3O. The fourth-order valence-corrected chi connectivity index (χ4v) is 3.65. The highest BCUT2D eigenvalue weighted by atomic mass is 35.5. The zero-order valence-corrected chi connectivity index (χ0v) is 13.8. The van der Waals surface area contributed by atoms with Gasteiger partial charge in [0.15, 0.2) is 0 Å². The standard InChI is InChI=1S/C17H22ClN3O/c1-16(2)8-7-14(9-13-3-5-15(18)6-4-13)17(16,22)10-21-12-19-11-20-21/h3,5-6,9,11-12,14,22H,4,7-8,10H2,1-2H3. The van der Waals surface area contributed by atoms with Gasteiger partial charge in [0, 0.05) is 11.0 Å². The van der Waals surface area contributed by atoms with Crippen molar-refractivity contribution >= 4 is 11.6 Å². The molecule has 0 aliphatic heterocycles. The molecule has 2 unspecified atom stereocenters. The van der Waals surface area contributed by atoms with Gasteiger partial charge in [0.2, 0.25) is 0 Å². The molecule has 1 aromatic heterocycles. The largest absolute Gasteiger partial charge is 0.387 e. The molecule has 5 heteroatoms. The van der Waals surface area contributed by atoms with Crippen LogP contribution >= 0.6 is 11.6 Å². The van der Waals surface area contributed by atoms with Crippen LogP contribution in [0.3, 0.4) is 0 Å². The van der Waals surface area contributed by atoms with Crippen molar-refractivity contribution in [3.8, 4) is 0 Å². The Balaban J connectivity index is 1.87. The fraction of sp³-hybridized carbons (Fsp3) is 0.529. The molecule has 2 atom stereocenters. The van der Waals surface area contributed by atoms with Gasteiger partial charge < -0.3 is 5.11 Å². The van der Waals surface area contributed by atoms with Crippen LogP contribution in [0.15, 0.2) is 47.6 Å². The Morgan fingerprint density at radius 2 is 2.27 bits per heavy atom. The van der Waals surface area contributed by atoms with Crippen LogP contribution in [-0.4, -0.2) is 25.5 Å². The van der Waals surface area contributed by atoms with E-state index in [-0.39, 0.29) is 11.3 Å². The molecule has 4 nitrogen and oxygen atoms in total. The molecule has 1 heterocycles. The van der Waals surface area contributed by atoms with E-state index in [1.807, 2.05) is 18.2 Å². The van der Waals surface area contributed by atoms with Gasteiger partial charge in [-0.25, -0.2) is 4.98 Å². The summed E-state index contributed by atoms with van der Waals surface area (Å²) in [5.41, 5.74) is 0.225. The number of halogens is 1. The average Bonchev–Trinajstić information content (AvgIpc) is 3.04. The van der Waals surface area contributed by atoms with Crippen molar-refractivity contribution in [2.24, 2.45) is 11.3 Å². The first-order chi connectivity index (χ1) is 10.4. The molecule has 22 heavy (non-hydrogen) atoms.